The number of para-hydroxylation sites is 1. The summed E-state index contributed by atoms with van der Waals surface area (Å²) in [6, 6.07) is 5.75. The minimum Gasteiger partial charge on any atom is -0.478 e. The molecule has 0 amide bonds. The van der Waals surface area contributed by atoms with Gasteiger partial charge in [-0.05, 0) is 31.2 Å². The number of thioether (sulfide) groups is 1. The van der Waals surface area contributed by atoms with Crippen molar-refractivity contribution in [3.63, 3.8) is 0 Å². The Kier molecular flexibility index (Phi) is 3.93. The van der Waals surface area contributed by atoms with Gasteiger partial charge in [0.25, 0.3) is 0 Å². The Balaban J connectivity index is 2.26. The smallest absolute Gasteiger partial charge is 0.337 e. The molecule has 2 unspecified atom stereocenters. The zero-order valence-electron chi connectivity index (χ0n) is 12.4. The summed E-state index contributed by atoms with van der Waals surface area (Å²) >= 11 is 1.88. The third-order valence-electron chi connectivity index (χ3n) is 4.38. The van der Waals surface area contributed by atoms with Crippen LogP contribution in [0.25, 0.3) is 11.0 Å². The highest BCUT2D eigenvalue weighted by molar-refractivity contribution is 7.99. The van der Waals surface area contributed by atoms with E-state index in [2.05, 4.69) is 22.7 Å². The zero-order chi connectivity index (χ0) is 15.0. The number of aromatic nitrogens is 2. The molecule has 1 heterocycles. The fraction of sp³-hybridized carbons (Fsp3) is 0.500. The number of carbonyl (C=O) groups is 1. The fourth-order valence-corrected chi connectivity index (χ4v) is 4.43. The number of nitrogens with zero attached hydrogens (tertiary/aromatic N) is 2. The first-order valence-electron chi connectivity index (χ1n) is 7.43. The lowest BCUT2D eigenvalue weighted by Gasteiger charge is -2.22. The quantitative estimate of drug-likeness (QED) is 0.934. The van der Waals surface area contributed by atoms with Crippen molar-refractivity contribution in [2.45, 2.75) is 43.9 Å². The van der Waals surface area contributed by atoms with Gasteiger partial charge >= 0.3 is 5.97 Å². The van der Waals surface area contributed by atoms with Crippen LogP contribution in [-0.4, -0.2) is 32.1 Å². The van der Waals surface area contributed by atoms with Crippen molar-refractivity contribution in [1.29, 1.82) is 0 Å². The standard InChI is InChI=1S/C16H20N2O2S/c1-3-14-17-11-7-4-6-10(16(19)20)15(11)18(14)12-8-5-9-13(12)21-2/h4,6-7,12-13H,3,5,8-9H2,1-2H3,(H,19,20). The largest absolute Gasteiger partial charge is 0.478 e. The van der Waals surface area contributed by atoms with Gasteiger partial charge in [0.1, 0.15) is 5.82 Å². The van der Waals surface area contributed by atoms with E-state index in [0.29, 0.717) is 16.9 Å². The number of benzene rings is 1. The monoisotopic (exact) mass is 304 g/mol. The molecule has 1 saturated carbocycles. The van der Waals surface area contributed by atoms with E-state index >= 15 is 0 Å². The molecule has 0 radical (unpaired) electrons. The van der Waals surface area contributed by atoms with Gasteiger partial charge in [-0.2, -0.15) is 11.8 Å². The maximum absolute atomic E-state index is 11.6. The summed E-state index contributed by atoms with van der Waals surface area (Å²) < 4.78 is 2.22. The third kappa shape index (κ3) is 2.33. The summed E-state index contributed by atoms with van der Waals surface area (Å²) in [6.07, 6.45) is 6.48. The van der Waals surface area contributed by atoms with Crippen LogP contribution in [0.3, 0.4) is 0 Å². The van der Waals surface area contributed by atoms with Gasteiger partial charge in [-0.1, -0.05) is 19.4 Å². The van der Waals surface area contributed by atoms with E-state index in [0.717, 1.165) is 29.7 Å². The minimum absolute atomic E-state index is 0.362. The van der Waals surface area contributed by atoms with Gasteiger partial charge < -0.3 is 9.67 Å². The zero-order valence-corrected chi connectivity index (χ0v) is 13.2. The maximum atomic E-state index is 11.6. The van der Waals surface area contributed by atoms with Crippen molar-refractivity contribution < 1.29 is 9.90 Å². The van der Waals surface area contributed by atoms with E-state index in [9.17, 15) is 9.90 Å². The van der Waals surface area contributed by atoms with Crippen molar-refractivity contribution in [2.75, 3.05) is 6.26 Å². The van der Waals surface area contributed by atoms with E-state index in [1.807, 2.05) is 17.8 Å². The predicted octanol–water partition coefficient (Wildman–Crippen LogP) is 3.75. The number of imidazole rings is 1. The lowest BCUT2D eigenvalue weighted by atomic mass is 10.1. The number of aryl methyl sites for hydroxylation is 1. The molecule has 2 atom stereocenters. The summed E-state index contributed by atoms with van der Waals surface area (Å²) in [5.41, 5.74) is 1.97. The van der Waals surface area contributed by atoms with Crippen LogP contribution in [0.4, 0.5) is 0 Å². The predicted molar refractivity (Wildman–Crippen MR) is 86.3 cm³/mol. The van der Waals surface area contributed by atoms with Crippen LogP contribution in [0.1, 0.15) is 48.4 Å². The number of hydrogen-bond donors (Lipinski definition) is 1. The fourth-order valence-electron chi connectivity index (χ4n) is 3.45. The molecule has 0 saturated heterocycles. The van der Waals surface area contributed by atoms with Gasteiger partial charge in [0.15, 0.2) is 0 Å². The van der Waals surface area contributed by atoms with Gasteiger partial charge in [-0.3, -0.25) is 0 Å². The van der Waals surface area contributed by atoms with E-state index in [-0.39, 0.29) is 0 Å². The number of rotatable bonds is 4. The van der Waals surface area contributed by atoms with Gasteiger partial charge in [0.05, 0.1) is 16.6 Å². The third-order valence-corrected chi connectivity index (χ3v) is 5.54. The molecule has 1 aromatic heterocycles. The lowest BCUT2D eigenvalue weighted by molar-refractivity contribution is 0.0698. The van der Waals surface area contributed by atoms with Crippen LogP contribution in [0.15, 0.2) is 18.2 Å². The highest BCUT2D eigenvalue weighted by atomic mass is 32.2. The summed E-state index contributed by atoms with van der Waals surface area (Å²) in [6.45, 7) is 2.08. The first kappa shape index (κ1) is 14.4. The highest BCUT2D eigenvalue weighted by Crippen LogP contribution is 2.40. The van der Waals surface area contributed by atoms with Crippen molar-refractivity contribution in [1.82, 2.24) is 9.55 Å². The van der Waals surface area contributed by atoms with Crippen LogP contribution in [0.2, 0.25) is 0 Å². The molecule has 3 rings (SSSR count). The number of hydrogen-bond acceptors (Lipinski definition) is 3. The summed E-state index contributed by atoms with van der Waals surface area (Å²) in [7, 11) is 0. The lowest BCUT2D eigenvalue weighted by Crippen LogP contribution is -2.19. The second-order valence-corrected chi connectivity index (χ2v) is 6.58. The molecule has 0 bridgehead atoms. The number of carboxylic acids is 1. The normalized spacial score (nSPS) is 22.0. The molecule has 112 valence electrons. The van der Waals surface area contributed by atoms with Gasteiger partial charge in [-0.25, -0.2) is 9.78 Å². The van der Waals surface area contributed by atoms with Crippen molar-refractivity contribution in [3.05, 3.63) is 29.6 Å². The molecular weight excluding hydrogens is 284 g/mol. The van der Waals surface area contributed by atoms with Crippen LogP contribution in [-0.2, 0) is 6.42 Å². The van der Waals surface area contributed by atoms with E-state index < -0.39 is 5.97 Å². The molecule has 4 nitrogen and oxygen atoms in total. The average molecular weight is 304 g/mol. The number of carboxylic acid groups (broad SMARTS) is 1. The van der Waals surface area contributed by atoms with Crippen LogP contribution in [0, 0.1) is 0 Å². The minimum atomic E-state index is -0.872. The maximum Gasteiger partial charge on any atom is 0.337 e. The van der Waals surface area contributed by atoms with Crippen LogP contribution in [0.5, 0.6) is 0 Å². The number of fused-ring (bicyclic) bond motifs is 1. The Morgan fingerprint density at radius 1 is 1.48 bits per heavy atom. The Morgan fingerprint density at radius 2 is 2.29 bits per heavy atom. The first-order valence-corrected chi connectivity index (χ1v) is 8.72. The molecule has 1 aromatic carbocycles. The topological polar surface area (TPSA) is 55.1 Å². The molecule has 1 aliphatic carbocycles. The molecule has 1 aliphatic rings. The van der Waals surface area contributed by atoms with Crippen molar-refractivity contribution >= 4 is 28.8 Å². The summed E-state index contributed by atoms with van der Waals surface area (Å²) in [5, 5.41) is 10.1. The Hall–Kier alpha value is -1.49. The Bertz CT molecular complexity index is 680. The van der Waals surface area contributed by atoms with E-state index in [4.69, 9.17) is 0 Å². The molecule has 21 heavy (non-hydrogen) atoms. The van der Waals surface area contributed by atoms with Crippen molar-refractivity contribution in [3.8, 4) is 0 Å². The number of aromatic carboxylic acids is 1. The van der Waals surface area contributed by atoms with E-state index in [1.54, 1.807) is 12.1 Å². The molecule has 1 N–H and O–H groups in total. The second kappa shape index (κ2) is 5.72. The molecule has 0 aliphatic heterocycles. The molecule has 1 fully saturated rings. The first-order chi connectivity index (χ1) is 10.2. The summed E-state index contributed by atoms with van der Waals surface area (Å²) in [4.78, 5) is 16.3. The molecular formula is C16H20N2O2S. The molecule has 0 spiro atoms. The van der Waals surface area contributed by atoms with Gasteiger partial charge in [0, 0.05) is 17.7 Å². The Morgan fingerprint density at radius 3 is 2.95 bits per heavy atom. The summed E-state index contributed by atoms with van der Waals surface area (Å²) in [5.74, 6) is 0.132. The highest BCUT2D eigenvalue weighted by Gasteiger charge is 2.31. The van der Waals surface area contributed by atoms with E-state index in [1.165, 1.54) is 12.8 Å². The van der Waals surface area contributed by atoms with Gasteiger partial charge in [-0.15, -0.1) is 0 Å². The molecule has 5 heteroatoms. The SMILES string of the molecule is CCc1nc2cccc(C(=O)O)c2n1C1CCCC1SC. The van der Waals surface area contributed by atoms with Gasteiger partial charge in [0.2, 0.25) is 0 Å². The van der Waals surface area contributed by atoms with Crippen LogP contribution >= 0.6 is 11.8 Å². The Labute approximate surface area is 128 Å². The average Bonchev–Trinajstić information content (AvgIpc) is 3.09. The second-order valence-electron chi connectivity index (χ2n) is 5.50. The van der Waals surface area contributed by atoms with Crippen molar-refractivity contribution in [2.24, 2.45) is 0 Å². The molecule has 2 aromatic rings. The van der Waals surface area contributed by atoms with Crippen LogP contribution < -0.4 is 0 Å².